The fourth-order valence-electron chi connectivity index (χ4n) is 3.87. The first-order valence-corrected chi connectivity index (χ1v) is 10.1. The summed E-state index contributed by atoms with van der Waals surface area (Å²) in [4.78, 5) is 27.5. The second-order valence-corrected chi connectivity index (χ2v) is 7.69. The lowest BCUT2D eigenvalue weighted by Gasteiger charge is -2.25. The molecule has 0 aliphatic carbocycles. The van der Waals surface area contributed by atoms with Gasteiger partial charge in [-0.15, -0.1) is 0 Å². The molecular weight excluding hydrogens is 390 g/mol. The van der Waals surface area contributed by atoms with Gasteiger partial charge in [-0.25, -0.2) is 0 Å². The van der Waals surface area contributed by atoms with Crippen molar-refractivity contribution in [2.75, 3.05) is 6.54 Å². The summed E-state index contributed by atoms with van der Waals surface area (Å²) in [7, 11) is 0. The summed E-state index contributed by atoms with van der Waals surface area (Å²) in [5.41, 5.74) is 3.27. The van der Waals surface area contributed by atoms with Crippen LogP contribution in [0.25, 0.3) is 5.76 Å². The van der Waals surface area contributed by atoms with Crippen LogP contribution in [0.2, 0.25) is 0 Å². The maximum Gasteiger partial charge on any atom is 0.295 e. The molecule has 1 amide bonds. The van der Waals surface area contributed by atoms with E-state index in [0.29, 0.717) is 24.1 Å². The van der Waals surface area contributed by atoms with E-state index in [1.807, 2.05) is 49.4 Å². The third kappa shape index (κ3) is 4.08. The van der Waals surface area contributed by atoms with Gasteiger partial charge in [-0.3, -0.25) is 9.59 Å². The SMILES string of the molecule is Cc1ccc(C(O)=C2C(=O)C(=O)N(CCc3ccccc3)C2c2ccc(O)cc2)cc1. The van der Waals surface area contributed by atoms with Gasteiger partial charge in [0.15, 0.2) is 0 Å². The molecule has 0 spiro atoms. The lowest BCUT2D eigenvalue weighted by Crippen LogP contribution is -2.31. The number of phenolic OH excluding ortho intramolecular Hbond substituents is 1. The van der Waals surface area contributed by atoms with Gasteiger partial charge in [0, 0.05) is 12.1 Å². The van der Waals surface area contributed by atoms with Gasteiger partial charge in [-0.05, 0) is 36.6 Å². The second kappa shape index (κ2) is 8.48. The van der Waals surface area contributed by atoms with E-state index in [1.54, 1.807) is 24.3 Å². The minimum Gasteiger partial charge on any atom is -0.508 e. The van der Waals surface area contributed by atoms with Crippen LogP contribution in [0, 0.1) is 6.92 Å². The molecule has 2 N–H and O–H groups in total. The maximum atomic E-state index is 13.0. The zero-order valence-corrected chi connectivity index (χ0v) is 17.2. The number of likely N-dealkylation sites (tertiary alicyclic amines) is 1. The first-order chi connectivity index (χ1) is 15.0. The number of benzene rings is 3. The zero-order chi connectivity index (χ0) is 22.0. The van der Waals surface area contributed by atoms with Crippen LogP contribution in [-0.2, 0) is 16.0 Å². The van der Waals surface area contributed by atoms with Crippen LogP contribution in [0.4, 0.5) is 0 Å². The Morgan fingerprint density at radius 1 is 0.903 bits per heavy atom. The predicted octanol–water partition coefficient (Wildman–Crippen LogP) is 4.37. The summed E-state index contributed by atoms with van der Waals surface area (Å²) >= 11 is 0. The van der Waals surface area contributed by atoms with E-state index in [-0.39, 0.29) is 17.1 Å². The molecular formula is C26H23NO4. The Bertz CT molecular complexity index is 1130. The van der Waals surface area contributed by atoms with Gasteiger partial charge >= 0.3 is 0 Å². The number of aliphatic hydroxyl groups excluding tert-OH is 1. The van der Waals surface area contributed by atoms with Crippen molar-refractivity contribution in [1.29, 1.82) is 0 Å². The van der Waals surface area contributed by atoms with E-state index in [1.165, 1.54) is 17.0 Å². The standard InChI is InChI=1S/C26H23NO4/c1-17-7-9-20(10-8-17)24(29)22-23(19-11-13-21(28)14-12-19)27(26(31)25(22)30)16-15-18-5-3-2-4-6-18/h2-14,23,28-29H,15-16H2,1H3. The number of carbonyl (C=O) groups excluding carboxylic acids is 2. The number of ketones is 1. The highest BCUT2D eigenvalue weighted by molar-refractivity contribution is 6.46. The molecule has 1 heterocycles. The number of aryl methyl sites for hydroxylation is 1. The zero-order valence-electron chi connectivity index (χ0n) is 17.2. The number of rotatable bonds is 5. The Hall–Kier alpha value is -3.86. The third-order valence-electron chi connectivity index (χ3n) is 5.56. The molecule has 1 fully saturated rings. The van der Waals surface area contributed by atoms with Gasteiger partial charge in [0.25, 0.3) is 11.7 Å². The molecule has 1 unspecified atom stereocenters. The summed E-state index contributed by atoms with van der Waals surface area (Å²) in [5.74, 6) is -1.45. The Kier molecular flexibility index (Phi) is 5.58. The van der Waals surface area contributed by atoms with Crippen molar-refractivity contribution < 1.29 is 19.8 Å². The van der Waals surface area contributed by atoms with E-state index in [2.05, 4.69) is 0 Å². The summed E-state index contributed by atoms with van der Waals surface area (Å²) in [6, 6.07) is 22.5. The molecule has 5 heteroatoms. The van der Waals surface area contributed by atoms with Gasteiger partial charge in [-0.1, -0.05) is 72.3 Å². The molecule has 0 aromatic heterocycles. The quantitative estimate of drug-likeness (QED) is 0.370. The fraction of sp³-hybridized carbons (Fsp3) is 0.154. The van der Waals surface area contributed by atoms with Crippen molar-refractivity contribution in [1.82, 2.24) is 4.90 Å². The summed E-state index contributed by atoms with van der Waals surface area (Å²) in [5, 5.41) is 20.7. The van der Waals surface area contributed by atoms with Crippen molar-refractivity contribution in [3.63, 3.8) is 0 Å². The van der Waals surface area contributed by atoms with Crippen LogP contribution >= 0.6 is 0 Å². The third-order valence-corrected chi connectivity index (χ3v) is 5.56. The van der Waals surface area contributed by atoms with Gasteiger partial charge in [0.05, 0.1) is 11.6 Å². The van der Waals surface area contributed by atoms with Gasteiger partial charge in [0.2, 0.25) is 0 Å². The molecule has 4 rings (SSSR count). The molecule has 1 aliphatic rings. The van der Waals surface area contributed by atoms with Gasteiger partial charge < -0.3 is 15.1 Å². The number of nitrogens with zero attached hydrogens (tertiary/aromatic N) is 1. The Morgan fingerprint density at radius 2 is 1.55 bits per heavy atom. The maximum absolute atomic E-state index is 13.0. The van der Waals surface area contributed by atoms with Crippen LogP contribution in [0.1, 0.15) is 28.3 Å². The number of hydrogen-bond donors (Lipinski definition) is 2. The summed E-state index contributed by atoms with van der Waals surface area (Å²) in [6.07, 6.45) is 0.576. The monoisotopic (exact) mass is 413 g/mol. The molecule has 0 radical (unpaired) electrons. The summed E-state index contributed by atoms with van der Waals surface area (Å²) in [6.45, 7) is 2.26. The first kappa shape index (κ1) is 20.4. The molecule has 3 aromatic carbocycles. The summed E-state index contributed by atoms with van der Waals surface area (Å²) < 4.78 is 0. The van der Waals surface area contributed by atoms with Gasteiger partial charge in [-0.2, -0.15) is 0 Å². The van der Waals surface area contributed by atoms with Crippen LogP contribution in [0.15, 0.2) is 84.4 Å². The Morgan fingerprint density at radius 3 is 2.19 bits per heavy atom. The molecule has 5 nitrogen and oxygen atoms in total. The molecule has 1 saturated heterocycles. The molecule has 156 valence electrons. The Labute approximate surface area is 180 Å². The normalized spacial score (nSPS) is 17.8. The van der Waals surface area contributed by atoms with E-state index < -0.39 is 17.7 Å². The lowest BCUT2D eigenvalue weighted by molar-refractivity contribution is -0.139. The number of aliphatic hydroxyl groups is 1. The molecule has 31 heavy (non-hydrogen) atoms. The van der Waals surface area contributed by atoms with Crippen LogP contribution in [0.3, 0.4) is 0 Å². The number of aromatic hydroxyl groups is 1. The number of amides is 1. The topological polar surface area (TPSA) is 77.8 Å². The van der Waals surface area contributed by atoms with Crippen LogP contribution in [-0.4, -0.2) is 33.3 Å². The number of Topliss-reactive ketones (excluding diaryl/α,β-unsaturated/α-hetero) is 1. The average molecular weight is 413 g/mol. The fourth-order valence-corrected chi connectivity index (χ4v) is 3.87. The van der Waals surface area contributed by atoms with E-state index >= 15 is 0 Å². The van der Waals surface area contributed by atoms with Crippen LogP contribution < -0.4 is 0 Å². The van der Waals surface area contributed by atoms with Crippen molar-refractivity contribution in [2.24, 2.45) is 0 Å². The molecule has 1 atom stereocenters. The molecule has 0 saturated carbocycles. The van der Waals surface area contributed by atoms with Crippen molar-refractivity contribution in [2.45, 2.75) is 19.4 Å². The number of hydrogen-bond acceptors (Lipinski definition) is 4. The smallest absolute Gasteiger partial charge is 0.295 e. The lowest BCUT2D eigenvalue weighted by atomic mass is 9.95. The van der Waals surface area contributed by atoms with Crippen molar-refractivity contribution in [3.8, 4) is 5.75 Å². The highest BCUT2D eigenvalue weighted by Crippen LogP contribution is 2.39. The first-order valence-electron chi connectivity index (χ1n) is 10.1. The highest BCUT2D eigenvalue weighted by Gasteiger charge is 2.45. The van der Waals surface area contributed by atoms with Crippen molar-refractivity contribution in [3.05, 3.63) is 107 Å². The average Bonchev–Trinajstić information content (AvgIpc) is 3.04. The van der Waals surface area contributed by atoms with E-state index in [9.17, 15) is 19.8 Å². The molecule has 1 aliphatic heterocycles. The van der Waals surface area contributed by atoms with Gasteiger partial charge in [0.1, 0.15) is 11.5 Å². The number of carbonyl (C=O) groups is 2. The minimum atomic E-state index is -0.731. The minimum absolute atomic E-state index is 0.0626. The highest BCUT2D eigenvalue weighted by atomic mass is 16.3. The largest absolute Gasteiger partial charge is 0.508 e. The van der Waals surface area contributed by atoms with Crippen molar-refractivity contribution >= 4 is 17.4 Å². The van der Waals surface area contributed by atoms with E-state index in [0.717, 1.165) is 11.1 Å². The van der Waals surface area contributed by atoms with E-state index in [4.69, 9.17) is 0 Å². The molecule has 0 bridgehead atoms. The Balaban J connectivity index is 1.78. The second-order valence-electron chi connectivity index (χ2n) is 7.69. The number of phenols is 1. The van der Waals surface area contributed by atoms with Crippen LogP contribution in [0.5, 0.6) is 5.75 Å². The predicted molar refractivity (Wildman–Crippen MR) is 118 cm³/mol. The molecule has 3 aromatic rings.